The summed E-state index contributed by atoms with van der Waals surface area (Å²) in [6.07, 6.45) is -1.79. The van der Waals surface area contributed by atoms with Gasteiger partial charge in [-0.3, -0.25) is 14.4 Å². The Bertz CT molecular complexity index is 1660. The minimum atomic E-state index is -2.59. The van der Waals surface area contributed by atoms with E-state index in [1.165, 1.54) is 12.2 Å². The van der Waals surface area contributed by atoms with Gasteiger partial charge >= 0.3 is 0 Å². The van der Waals surface area contributed by atoms with Gasteiger partial charge in [0, 0.05) is 26.2 Å². The summed E-state index contributed by atoms with van der Waals surface area (Å²) in [6, 6.07) is 7.90. The molecule has 1 amide bonds. The molecule has 1 heterocycles. The normalized spacial score (nSPS) is 20.6. The second kappa shape index (κ2) is 21.6. The van der Waals surface area contributed by atoms with Crippen molar-refractivity contribution in [3.8, 4) is 5.75 Å². The lowest BCUT2D eigenvalue weighted by molar-refractivity contribution is -0.171. The van der Waals surface area contributed by atoms with Gasteiger partial charge in [0.05, 0.1) is 64.0 Å². The largest absolute Gasteiger partial charge is 0.497 e. The number of hydroxylamine groups is 2. The van der Waals surface area contributed by atoms with E-state index in [0.29, 0.717) is 13.2 Å². The van der Waals surface area contributed by atoms with Gasteiger partial charge in [0.1, 0.15) is 17.1 Å². The Morgan fingerprint density at radius 2 is 1.12 bits per heavy atom. The van der Waals surface area contributed by atoms with E-state index in [1.807, 2.05) is 24.3 Å². The number of hydrogen-bond acceptors (Lipinski definition) is 10. The molecule has 0 aromatic heterocycles. The number of nitrogens with zero attached hydrogens (tertiary/aromatic N) is 1. The summed E-state index contributed by atoms with van der Waals surface area (Å²) in [5, 5.41) is 0.590. The first-order chi connectivity index (χ1) is 28.7. The van der Waals surface area contributed by atoms with Gasteiger partial charge in [-0.2, -0.15) is 0 Å². The molecule has 0 radical (unpaired) electrons. The molecule has 64 heavy (non-hydrogen) atoms. The van der Waals surface area contributed by atoms with Gasteiger partial charge < -0.3 is 31.9 Å². The highest BCUT2D eigenvalue weighted by Gasteiger charge is 2.65. The lowest BCUT2D eigenvalue weighted by Crippen LogP contribution is -2.57. The average Bonchev–Trinajstić information content (AvgIpc) is 3.84. The number of ether oxygens (including phenoxy) is 3. The van der Waals surface area contributed by atoms with Crippen molar-refractivity contribution in [2.45, 2.75) is 206 Å². The summed E-state index contributed by atoms with van der Waals surface area (Å²) >= 11 is 0. The number of amides is 1. The van der Waals surface area contributed by atoms with Crippen molar-refractivity contribution in [2.75, 3.05) is 41.1 Å². The number of Topliss-reactive ketones (excluding diaryl/α,β-unsaturated/α-hetero) is 1. The van der Waals surface area contributed by atoms with Crippen LogP contribution in [0.15, 0.2) is 24.3 Å². The zero-order chi connectivity index (χ0) is 49.9. The summed E-state index contributed by atoms with van der Waals surface area (Å²) in [7, 11) is -5.30. The van der Waals surface area contributed by atoms with E-state index in [2.05, 4.69) is 149 Å². The van der Waals surface area contributed by atoms with E-state index in [-0.39, 0.29) is 63.5 Å². The van der Waals surface area contributed by atoms with Gasteiger partial charge in [0.15, 0.2) is 33.3 Å². The Labute approximate surface area is 395 Å². The number of hydrogen-bond donors (Lipinski definition) is 0. The maximum atomic E-state index is 16.4. The third-order valence-corrected chi connectivity index (χ3v) is 33.6. The van der Waals surface area contributed by atoms with E-state index >= 15 is 4.79 Å². The number of epoxide rings is 1. The molecule has 372 valence electrons. The van der Waals surface area contributed by atoms with Crippen LogP contribution in [0.2, 0.25) is 72.5 Å². The Morgan fingerprint density at radius 3 is 1.55 bits per heavy atom. The lowest BCUT2D eigenvalue weighted by Gasteiger charge is -2.46. The quantitative estimate of drug-likeness (QED) is 0.0563. The number of benzene rings is 1. The monoisotopic (exact) mass is 970 g/mol. The van der Waals surface area contributed by atoms with Crippen LogP contribution in [-0.4, -0.2) is 115 Å². The molecule has 7 atom stereocenters. The smallest absolute Gasteiger partial charge is 0.248 e. The molecule has 1 aliphatic heterocycles. The van der Waals surface area contributed by atoms with E-state index < -0.39 is 62.9 Å². The summed E-state index contributed by atoms with van der Waals surface area (Å²) in [6.45, 7) is 49.5. The zero-order valence-electron chi connectivity index (χ0n) is 45.3. The highest BCUT2D eigenvalue weighted by molar-refractivity contribution is 6.75. The summed E-state index contributed by atoms with van der Waals surface area (Å²) in [5.74, 6) is -1.19. The molecule has 15 heteroatoms. The van der Waals surface area contributed by atoms with Crippen LogP contribution in [0.1, 0.15) is 109 Å². The maximum absolute atomic E-state index is 16.4. The highest BCUT2D eigenvalue weighted by Crippen LogP contribution is 2.52. The molecule has 0 unspecified atom stereocenters. The van der Waals surface area contributed by atoms with Crippen molar-refractivity contribution < 1.29 is 46.3 Å². The third kappa shape index (κ3) is 15.1. The average molecular weight is 971 g/mol. The van der Waals surface area contributed by atoms with Gasteiger partial charge in [-0.05, 0) is 97.1 Å². The molecule has 11 nitrogen and oxygen atoms in total. The summed E-state index contributed by atoms with van der Waals surface area (Å²) in [4.78, 5) is 35.8. The molecule has 0 aliphatic carbocycles. The Balaban J connectivity index is 2.91. The van der Waals surface area contributed by atoms with Crippen LogP contribution in [0.25, 0.3) is 0 Å². The minimum absolute atomic E-state index is 0.0135. The molecule has 1 aromatic rings. The van der Waals surface area contributed by atoms with Crippen LogP contribution in [0.4, 0.5) is 0 Å². The molecular weight excluding hydrogens is 875 g/mol. The van der Waals surface area contributed by atoms with Crippen LogP contribution in [0.5, 0.6) is 5.75 Å². The van der Waals surface area contributed by atoms with Crippen LogP contribution < -0.4 is 4.74 Å². The third-order valence-electron chi connectivity index (χ3n) is 15.7. The van der Waals surface area contributed by atoms with Crippen molar-refractivity contribution in [3.05, 3.63) is 29.8 Å². The standard InChI is InChI=1S/C49H95NO10Si4/c1-35(31-55-32-36-26-28-37(53-16)29-27-36)43-49(14,58-43)44(60-64(24,25)48(11,12)13)39(34-57-62(20,21)46(5,6)7)42(52)38(33-56-61(18,19)45(2,3)4)40(30-41(51)50(15)54-17)59-63(22,23)47(8,9)10/h26-29,35,38-40,43-44H,30-34H2,1-25H3/t35-,38-,39-,40-,43+,44-,49-/m0/s1. The number of rotatable bonds is 24. The molecule has 0 saturated carbocycles. The molecule has 0 spiro atoms. The van der Waals surface area contributed by atoms with E-state index in [9.17, 15) is 4.79 Å². The highest BCUT2D eigenvalue weighted by atomic mass is 28.4. The molecule has 1 aromatic carbocycles. The zero-order valence-corrected chi connectivity index (χ0v) is 49.3. The SMILES string of the molecule is COc1ccc(COC[C@H](C)[C@H]2O[C@]2(C)[C@@H](O[Si](C)(C)C(C)(C)C)[C@@H](CO[Si](C)(C)C(C)(C)C)C(=O)[C@@H](CO[Si](C)(C)C(C)(C)C)[C@H](CC(=O)N(C)OC)O[Si](C)(C)C(C)(C)C)cc1. The topological polar surface area (TPSA) is 115 Å². The fourth-order valence-electron chi connectivity index (χ4n) is 6.63. The Morgan fingerprint density at radius 1 is 0.688 bits per heavy atom. The van der Waals surface area contributed by atoms with Gasteiger partial charge in [-0.1, -0.05) is 102 Å². The fraction of sp³-hybridized carbons (Fsp3) is 0.837. The van der Waals surface area contributed by atoms with Crippen LogP contribution in [0, 0.1) is 17.8 Å². The number of carbonyl (C=O) groups is 2. The molecule has 1 aliphatic rings. The number of methoxy groups -OCH3 is 1. The van der Waals surface area contributed by atoms with Crippen molar-refractivity contribution >= 4 is 45.0 Å². The lowest BCUT2D eigenvalue weighted by atomic mass is 9.79. The first-order valence-electron chi connectivity index (χ1n) is 23.6. The first kappa shape index (κ1) is 58.9. The second-order valence-corrected chi connectivity index (χ2v) is 43.9. The molecular formula is C49H95NO10Si4. The van der Waals surface area contributed by atoms with Crippen LogP contribution in [0.3, 0.4) is 0 Å². The Hall–Kier alpha value is -1.25. The minimum Gasteiger partial charge on any atom is -0.497 e. The molecule has 0 bridgehead atoms. The van der Waals surface area contributed by atoms with Gasteiger partial charge in [-0.15, -0.1) is 0 Å². The first-order valence-corrected chi connectivity index (χ1v) is 35.2. The van der Waals surface area contributed by atoms with Gasteiger partial charge in [-0.25, -0.2) is 5.06 Å². The van der Waals surface area contributed by atoms with Crippen LogP contribution in [-0.2, 0) is 48.2 Å². The molecule has 1 saturated heterocycles. The maximum Gasteiger partial charge on any atom is 0.248 e. The van der Waals surface area contributed by atoms with Gasteiger partial charge in [0.25, 0.3) is 0 Å². The van der Waals surface area contributed by atoms with E-state index in [1.54, 1.807) is 14.2 Å². The Kier molecular flexibility index (Phi) is 19.9. The predicted octanol–water partition coefficient (Wildman–Crippen LogP) is 12.0. The van der Waals surface area contributed by atoms with Gasteiger partial charge in [0.2, 0.25) is 5.91 Å². The molecule has 2 rings (SSSR count). The van der Waals surface area contributed by atoms with Crippen molar-refractivity contribution in [2.24, 2.45) is 17.8 Å². The van der Waals surface area contributed by atoms with Crippen LogP contribution >= 0.6 is 0 Å². The second-order valence-electron chi connectivity index (χ2n) is 24.8. The molecule has 1 fully saturated rings. The van der Waals surface area contributed by atoms with Crippen molar-refractivity contribution in [1.82, 2.24) is 5.06 Å². The van der Waals surface area contributed by atoms with Crippen molar-refractivity contribution in [3.63, 3.8) is 0 Å². The number of ketones is 1. The van der Waals surface area contributed by atoms with E-state index in [0.717, 1.165) is 11.3 Å². The molecule has 0 N–H and O–H groups in total. The van der Waals surface area contributed by atoms with E-state index in [4.69, 9.17) is 36.8 Å². The summed E-state index contributed by atoms with van der Waals surface area (Å²) < 4.78 is 47.5. The fourth-order valence-corrected chi connectivity index (χ4v) is 11.4. The predicted molar refractivity (Wildman–Crippen MR) is 272 cm³/mol. The number of carbonyl (C=O) groups excluding carboxylic acids is 2. The van der Waals surface area contributed by atoms with Crippen molar-refractivity contribution in [1.29, 1.82) is 0 Å². The summed E-state index contributed by atoms with van der Waals surface area (Å²) in [5.41, 5.74) is 0.207.